The molecule has 0 bridgehead atoms. The highest BCUT2D eigenvalue weighted by Gasteiger charge is 2.36. The van der Waals surface area contributed by atoms with Crippen LogP contribution in [-0.2, 0) is 6.54 Å². The summed E-state index contributed by atoms with van der Waals surface area (Å²) in [4.78, 5) is 24.0. The number of ether oxygens (including phenoxy) is 1. The van der Waals surface area contributed by atoms with Crippen LogP contribution in [0.3, 0.4) is 0 Å². The van der Waals surface area contributed by atoms with E-state index in [-0.39, 0.29) is 23.5 Å². The minimum Gasteiger partial charge on any atom is -0.406 e. The summed E-state index contributed by atoms with van der Waals surface area (Å²) in [6, 6.07) is 9.13. The second-order valence-electron chi connectivity index (χ2n) is 5.00. The van der Waals surface area contributed by atoms with Crippen LogP contribution >= 0.6 is 0 Å². The quantitative estimate of drug-likeness (QED) is 0.632. The molecule has 0 fully saturated rings. The van der Waals surface area contributed by atoms with Crippen LogP contribution in [0.2, 0.25) is 0 Å². The van der Waals surface area contributed by atoms with Gasteiger partial charge in [-0.3, -0.25) is 14.9 Å². The number of nitrogens with zero attached hydrogens (tertiary/aromatic N) is 2. The number of benzene rings is 2. The Balaban J connectivity index is 1.96. The van der Waals surface area contributed by atoms with Gasteiger partial charge in [0.1, 0.15) is 11.3 Å². The highest BCUT2D eigenvalue weighted by Crippen LogP contribution is 2.35. The summed E-state index contributed by atoms with van der Waals surface area (Å²) in [5, 5.41) is 11.1. The van der Waals surface area contributed by atoms with Crippen molar-refractivity contribution < 1.29 is 27.6 Å². The molecule has 0 aliphatic carbocycles. The predicted molar refractivity (Wildman–Crippen MR) is 76.7 cm³/mol. The Bertz CT molecular complexity index is 836. The number of carbonyl (C=O) groups excluding carboxylic acids is 1. The van der Waals surface area contributed by atoms with Crippen molar-refractivity contribution in [3.63, 3.8) is 0 Å². The van der Waals surface area contributed by atoms with E-state index in [1.54, 1.807) is 6.07 Å². The van der Waals surface area contributed by atoms with Crippen LogP contribution in [-0.4, -0.2) is 17.2 Å². The molecule has 124 valence electrons. The van der Waals surface area contributed by atoms with Crippen LogP contribution in [0.15, 0.2) is 42.5 Å². The maximum atomic E-state index is 12.5. The van der Waals surface area contributed by atoms with E-state index in [1.165, 1.54) is 29.2 Å². The zero-order chi connectivity index (χ0) is 17.5. The van der Waals surface area contributed by atoms with Crippen LogP contribution < -0.4 is 9.64 Å². The van der Waals surface area contributed by atoms with E-state index in [9.17, 15) is 28.1 Å². The maximum absolute atomic E-state index is 12.5. The van der Waals surface area contributed by atoms with Crippen molar-refractivity contribution in [2.75, 3.05) is 4.90 Å². The number of anilines is 1. The fraction of sp³-hybridized carbons (Fsp3) is 0.133. The molecule has 0 atom stereocenters. The summed E-state index contributed by atoms with van der Waals surface area (Å²) < 4.78 is 40.7. The monoisotopic (exact) mass is 338 g/mol. The van der Waals surface area contributed by atoms with Gasteiger partial charge in [-0.25, -0.2) is 0 Å². The lowest BCUT2D eigenvalue weighted by Crippen LogP contribution is -2.23. The van der Waals surface area contributed by atoms with E-state index in [2.05, 4.69) is 4.74 Å². The third kappa shape index (κ3) is 2.87. The number of hydrogen-bond acceptors (Lipinski definition) is 4. The van der Waals surface area contributed by atoms with Crippen molar-refractivity contribution in [3.8, 4) is 5.75 Å². The lowest BCUT2D eigenvalue weighted by atomic mass is 10.1. The Hall–Kier alpha value is -3.10. The molecule has 24 heavy (non-hydrogen) atoms. The summed E-state index contributed by atoms with van der Waals surface area (Å²) in [7, 11) is 0. The summed E-state index contributed by atoms with van der Waals surface area (Å²) in [6.45, 7) is 0.0331. The van der Waals surface area contributed by atoms with Gasteiger partial charge >= 0.3 is 6.36 Å². The van der Waals surface area contributed by atoms with Gasteiger partial charge in [0.05, 0.1) is 11.5 Å². The molecule has 0 radical (unpaired) electrons. The summed E-state index contributed by atoms with van der Waals surface area (Å²) in [5.74, 6) is -1.11. The Morgan fingerprint density at radius 1 is 1.17 bits per heavy atom. The van der Waals surface area contributed by atoms with Crippen LogP contribution in [0.1, 0.15) is 15.9 Å². The fourth-order valence-electron chi connectivity index (χ4n) is 2.55. The number of nitro benzene ring substituents is 1. The first-order valence-corrected chi connectivity index (χ1v) is 6.70. The minimum absolute atomic E-state index is 0.0331. The molecule has 9 heteroatoms. The van der Waals surface area contributed by atoms with Crippen molar-refractivity contribution in [1.29, 1.82) is 0 Å². The number of fused-ring (bicyclic) bond motifs is 1. The molecule has 0 N–H and O–H groups in total. The normalized spacial score (nSPS) is 13.8. The van der Waals surface area contributed by atoms with Crippen molar-refractivity contribution in [2.24, 2.45) is 0 Å². The summed E-state index contributed by atoms with van der Waals surface area (Å²) in [6.07, 6.45) is -4.85. The smallest absolute Gasteiger partial charge is 0.406 e. The molecule has 6 nitrogen and oxygen atoms in total. The van der Waals surface area contributed by atoms with Crippen molar-refractivity contribution in [1.82, 2.24) is 0 Å². The van der Waals surface area contributed by atoms with Crippen molar-refractivity contribution >= 4 is 17.3 Å². The zero-order valence-corrected chi connectivity index (χ0v) is 11.9. The molecule has 3 rings (SSSR count). The predicted octanol–water partition coefficient (Wildman–Crippen LogP) is 3.65. The van der Waals surface area contributed by atoms with Gasteiger partial charge < -0.3 is 9.64 Å². The minimum atomic E-state index is -4.85. The van der Waals surface area contributed by atoms with Crippen LogP contribution in [0.4, 0.5) is 24.5 Å². The Labute approximate surface area is 133 Å². The van der Waals surface area contributed by atoms with E-state index >= 15 is 0 Å². The number of rotatable bonds is 3. The Morgan fingerprint density at radius 2 is 1.88 bits per heavy atom. The van der Waals surface area contributed by atoms with Crippen LogP contribution in [0.5, 0.6) is 5.75 Å². The first kappa shape index (κ1) is 15.8. The molecule has 0 unspecified atom stereocenters. The van der Waals surface area contributed by atoms with Crippen molar-refractivity contribution in [2.45, 2.75) is 12.9 Å². The molecule has 1 aliphatic heterocycles. The summed E-state index contributed by atoms with van der Waals surface area (Å²) in [5.41, 5.74) is 0.218. The van der Waals surface area contributed by atoms with E-state index in [4.69, 9.17) is 0 Å². The SMILES string of the molecule is O=C1c2c(cccc2[N+](=O)[O-])CN1c1cccc(OC(F)(F)F)c1. The topological polar surface area (TPSA) is 72.7 Å². The van der Waals surface area contributed by atoms with Gasteiger partial charge in [0.25, 0.3) is 11.6 Å². The third-order valence-electron chi connectivity index (χ3n) is 3.48. The van der Waals surface area contributed by atoms with Crippen molar-refractivity contribution in [3.05, 3.63) is 63.7 Å². The number of nitro groups is 1. The van der Waals surface area contributed by atoms with E-state index < -0.39 is 22.9 Å². The molecule has 0 aromatic heterocycles. The van der Waals surface area contributed by atoms with Gasteiger partial charge in [-0.1, -0.05) is 18.2 Å². The van der Waals surface area contributed by atoms with Crippen LogP contribution in [0.25, 0.3) is 0 Å². The van der Waals surface area contributed by atoms with E-state index in [0.717, 1.165) is 12.1 Å². The van der Waals surface area contributed by atoms with E-state index in [1.807, 2.05) is 0 Å². The highest BCUT2D eigenvalue weighted by atomic mass is 19.4. The lowest BCUT2D eigenvalue weighted by Gasteiger charge is -2.17. The second kappa shape index (κ2) is 5.52. The molecule has 0 spiro atoms. The molecule has 1 aliphatic rings. The Morgan fingerprint density at radius 3 is 2.54 bits per heavy atom. The van der Waals surface area contributed by atoms with Gasteiger partial charge in [0, 0.05) is 17.8 Å². The standard InChI is InChI=1S/C15H9F3N2O4/c16-15(17,18)24-11-5-2-4-10(7-11)19-8-9-3-1-6-12(20(22)23)13(9)14(19)21/h1-7H,8H2. The van der Waals surface area contributed by atoms with Gasteiger partial charge in [0.2, 0.25) is 0 Å². The fourth-order valence-corrected chi connectivity index (χ4v) is 2.55. The molecule has 0 saturated heterocycles. The second-order valence-corrected chi connectivity index (χ2v) is 5.00. The molecule has 2 aromatic rings. The largest absolute Gasteiger partial charge is 0.573 e. The number of hydrogen-bond donors (Lipinski definition) is 0. The molecular formula is C15H9F3N2O4. The summed E-state index contributed by atoms with van der Waals surface area (Å²) >= 11 is 0. The number of alkyl halides is 3. The average molecular weight is 338 g/mol. The number of carbonyl (C=O) groups is 1. The molecule has 1 heterocycles. The highest BCUT2D eigenvalue weighted by molar-refractivity contribution is 6.12. The maximum Gasteiger partial charge on any atom is 0.573 e. The first-order valence-electron chi connectivity index (χ1n) is 6.70. The third-order valence-corrected chi connectivity index (χ3v) is 3.48. The van der Waals surface area contributed by atoms with Gasteiger partial charge in [-0.05, 0) is 17.7 Å². The molecule has 2 aromatic carbocycles. The van der Waals surface area contributed by atoms with Gasteiger partial charge in [-0.15, -0.1) is 13.2 Å². The molecular weight excluding hydrogens is 329 g/mol. The number of halogens is 3. The Kier molecular flexibility index (Phi) is 3.63. The average Bonchev–Trinajstić information content (AvgIpc) is 2.83. The molecule has 0 saturated carbocycles. The number of amides is 1. The zero-order valence-electron chi connectivity index (χ0n) is 11.9. The first-order chi connectivity index (χ1) is 11.3. The molecule has 1 amide bonds. The lowest BCUT2D eigenvalue weighted by molar-refractivity contribution is -0.385. The van der Waals surface area contributed by atoms with E-state index in [0.29, 0.717) is 5.56 Å². The van der Waals surface area contributed by atoms with Crippen LogP contribution in [0, 0.1) is 10.1 Å². The van der Waals surface area contributed by atoms with Gasteiger partial charge in [-0.2, -0.15) is 0 Å². The van der Waals surface area contributed by atoms with Gasteiger partial charge in [0.15, 0.2) is 0 Å².